The van der Waals surface area contributed by atoms with E-state index >= 15 is 0 Å². The molecular formula is C19H15ClN6O. The summed E-state index contributed by atoms with van der Waals surface area (Å²) in [5, 5.41) is 4.26. The number of amides is 1. The average Bonchev–Trinajstić information content (AvgIpc) is 2.95. The average molecular weight is 379 g/mol. The first-order chi connectivity index (χ1) is 13.1. The summed E-state index contributed by atoms with van der Waals surface area (Å²) in [6.45, 7) is 3.98. The number of rotatable bonds is 3. The summed E-state index contributed by atoms with van der Waals surface area (Å²) in [5.74, 6) is 0.0587. The van der Waals surface area contributed by atoms with Crippen LogP contribution in [0.5, 0.6) is 0 Å². The number of anilines is 1. The monoisotopic (exact) mass is 378 g/mol. The number of halogens is 1. The van der Waals surface area contributed by atoms with Gasteiger partial charge in [-0.25, -0.2) is 15.0 Å². The van der Waals surface area contributed by atoms with Gasteiger partial charge in [0.1, 0.15) is 17.8 Å². The van der Waals surface area contributed by atoms with Crippen LogP contribution in [0.3, 0.4) is 0 Å². The standard InChI is InChI=1S/C19H15ClN6O/c1-11-12(2)26(14-5-3-13(20)4-6-14)18-16(11)17(23-10-24-18)25-19(27)15-9-21-7-8-22-15/h3-10H,1-2H3,(H,23,24,25,27). The molecule has 0 bridgehead atoms. The van der Waals surface area contributed by atoms with Gasteiger partial charge in [-0.1, -0.05) is 11.6 Å². The van der Waals surface area contributed by atoms with Crippen LogP contribution >= 0.6 is 11.6 Å². The summed E-state index contributed by atoms with van der Waals surface area (Å²) in [4.78, 5) is 29.1. The second-order valence-corrected chi connectivity index (χ2v) is 6.42. The van der Waals surface area contributed by atoms with Crippen LogP contribution in [0.2, 0.25) is 5.02 Å². The van der Waals surface area contributed by atoms with Gasteiger partial charge in [0, 0.05) is 28.8 Å². The van der Waals surface area contributed by atoms with E-state index in [1.807, 2.05) is 42.7 Å². The quantitative estimate of drug-likeness (QED) is 0.587. The van der Waals surface area contributed by atoms with E-state index in [-0.39, 0.29) is 11.6 Å². The van der Waals surface area contributed by atoms with Gasteiger partial charge in [-0.05, 0) is 43.7 Å². The van der Waals surface area contributed by atoms with Gasteiger partial charge in [-0.3, -0.25) is 14.3 Å². The third kappa shape index (κ3) is 3.02. The van der Waals surface area contributed by atoms with E-state index in [0.717, 1.165) is 22.3 Å². The van der Waals surface area contributed by atoms with Crippen LogP contribution in [0.1, 0.15) is 21.7 Å². The van der Waals surface area contributed by atoms with Crippen molar-refractivity contribution in [3.8, 4) is 5.69 Å². The van der Waals surface area contributed by atoms with Crippen LogP contribution in [0.25, 0.3) is 16.7 Å². The molecule has 0 radical (unpaired) electrons. The fourth-order valence-electron chi connectivity index (χ4n) is 2.99. The number of carbonyl (C=O) groups excluding carboxylic acids is 1. The van der Waals surface area contributed by atoms with Gasteiger partial charge in [-0.15, -0.1) is 0 Å². The van der Waals surface area contributed by atoms with Crippen molar-refractivity contribution in [2.75, 3.05) is 5.32 Å². The van der Waals surface area contributed by atoms with E-state index in [2.05, 4.69) is 25.3 Å². The summed E-state index contributed by atoms with van der Waals surface area (Å²) in [5.41, 5.74) is 3.84. The minimum absolute atomic E-state index is 0.218. The molecule has 4 rings (SSSR count). The van der Waals surface area contributed by atoms with Crippen molar-refractivity contribution < 1.29 is 4.79 Å². The molecule has 0 spiro atoms. The molecule has 7 nitrogen and oxygen atoms in total. The SMILES string of the molecule is Cc1c(C)n(-c2ccc(Cl)cc2)c2ncnc(NC(=O)c3cnccn3)c12. The normalized spacial score (nSPS) is 10.9. The lowest BCUT2D eigenvalue weighted by atomic mass is 10.2. The number of nitrogens with zero attached hydrogens (tertiary/aromatic N) is 5. The largest absolute Gasteiger partial charge is 0.304 e. The maximum absolute atomic E-state index is 12.5. The Labute approximate surface area is 160 Å². The van der Waals surface area contributed by atoms with Gasteiger partial charge in [0.2, 0.25) is 0 Å². The molecule has 0 saturated heterocycles. The molecule has 134 valence electrons. The van der Waals surface area contributed by atoms with Crippen molar-refractivity contribution in [1.29, 1.82) is 0 Å². The molecule has 8 heteroatoms. The Kier molecular flexibility index (Phi) is 4.29. The fourth-order valence-corrected chi connectivity index (χ4v) is 3.11. The van der Waals surface area contributed by atoms with E-state index in [1.165, 1.54) is 24.9 Å². The molecule has 0 aliphatic rings. The van der Waals surface area contributed by atoms with Crippen LogP contribution in [-0.2, 0) is 0 Å². The molecule has 4 aromatic rings. The highest BCUT2D eigenvalue weighted by Crippen LogP contribution is 2.31. The van der Waals surface area contributed by atoms with Crippen LogP contribution in [0.15, 0.2) is 49.2 Å². The molecule has 0 aliphatic heterocycles. The van der Waals surface area contributed by atoms with Gasteiger partial charge in [0.25, 0.3) is 5.91 Å². The molecule has 1 amide bonds. The zero-order chi connectivity index (χ0) is 19.0. The molecule has 0 fully saturated rings. The van der Waals surface area contributed by atoms with Gasteiger partial charge < -0.3 is 5.32 Å². The van der Waals surface area contributed by atoms with E-state index < -0.39 is 0 Å². The smallest absolute Gasteiger partial charge is 0.277 e. The number of aryl methyl sites for hydroxylation is 1. The molecule has 3 heterocycles. The Morgan fingerprint density at radius 1 is 1.07 bits per heavy atom. The number of fused-ring (bicyclic) bond motifs is 1. The number of carbonyl (C=O) groups is 1. The van der Waals surface area contributed by atoms with Gasteiger partial charge in [0.05, 0.1) is 11.6 Å². The zero-order valence-electron chi connectivity index (χ0n) is 14.6. The first kappa shape index (κ1) is 17.1. The van der Waals surface area contributed by atoms with Crippen molar-refractivity contribution in [2.45, 2.75) is 13.8 Å². The molecule has 1 N–H and O–H groups in total. The van der Waals surface area contributed by atoms with Crippen molar-refractivity contribution >= 4 is 34.4 Å². The molecule has 0 atom stereocenters. The van der Waals surface area contributed by atoms with Crippen molar-refractivity contribution in [2.24, 2.45) is 0 Å². The predicted molar refractivity (Wildman–Crippen MR) is 103 cm³/mol. The Bertz CT molecular complexity index is 1140. The number of hydrogen-bond donors (Lipinski definition) is 1. The van der Waals surface area contributed by atoms with Gasteiger partial charge in [0.15, 0.2) is 5.65 Å². The van der Waals surface area contributed by atoms with Crippen LogP contribution in [0.4, 0.5) is 5.82 Å². The lowest BCUT2D eigenvalue weighted by Gasteiger charge is -2.08. The fraction of sp³-hybridized carbons (Fsp3) is 0.105. The van der Waals surface area contributed by atoms with Crippen molar-refractivity contribution in [3.63, 3.8) is 0 Å². The Hall–Kier alpha value is -3.32. The Balaban J connectivity index is 1.83. The maximum atomic E-state index is 12.5. The van der Waals surface area contributed by atoms with Gasteiger partial charge in [-0.2, -0.15) is 0 Å². The summed E-state index contributed by atoms with van der Waals surface area (Å²) >= 11 is 6.01. The zero-order valence-corrected chi connectivity index (χ0v) is 15.4. The molecule has 3 aromatic heterocycles. The van der Waals surface area contributed by atoms with E-state index in [0.29, 0.717) is 16.5 Å². The summed E-state index contributed by atoms with van der Waals surface area (Å²) < 4.78 is 2.01. The molecular weight excluding hydrogens is 364 g/mol. The highest BCUT2D eigenvalue weighted by Gasteiger charge is 2.19. The summed E-state index contributed by atoms with van der Waals surface area (Å²) in [6.07, 6.45) is 5.82. The summed E-state index contributed by atoms with van der Waals surface area (Å²) in [6, 6.07) is 7.51. The predicted octanol–water partition coefficient (Wildman–Crippen LogP) is 3.73. The van der Waals surface area contributed by atoms with Crippen LogP contribution in [0, 0.1) is 13.8 Å². The maximum Gasteiger partial charge on any atom is 0.277 e. The third-order valence-electron chi connectivity index (χ3n) is 4.40. The van der Waals surface area contributed by atoms with Crippen molar-refractivity contribution in [3.05, 3.63) is 71.2 Å². The van der Waals surface area contributed by atoms with Gasteiger partial charge >= 0.3 is 0 Å². The molecule has 0 aliphatic carbocycles. The highest BCUT2D eigenvalue weighted by atomic mass is 35.5. The molecule has 27 heavy (non-hydrogen) atoms. The molecule has 0 saturated carbocycles. The second-order valence-electron chi connectivity index (χ2n) is 5.99. The third-order valence-corrected chi connectivity index (χ3v) is 4.66. The molecule has 1 aromatic carbocycles. The number of benzene rings is 1. The van der Waals surface area contributed by atoms with E-state index in [1.54, 1.807) is 0 Å². The van der Waals surface area contributed by atoms with Crippen LogP contribution in [-0.4, -0.2) is 30.4 Å². The Morgan fingerprint density at radius 3 is 2.56 bits per heavy atom. The minimum Gasteiger partial charge on any atom is -0.304 e. The number of nitrogens with one attached hydrogen (secondary N) is 1. The lowest BCUT2D eigenvalue weighted by Crippen LogP contribution is -2.15. The van der Waals surface area contributed by atoms with E-state index in [9.17, 15) is 4.79 Å². The first-order valence-corrected chi connectivity index (χ1v) is 8.60. The number of aromatic nitrogens is 5. The van der Waals surface area contributed by atoms with E-state index in [4.69, 9.17) is 11.6 Å². The Morgan fingerprint density at radius 2 is 1.85 bits per heavy atom. The van der Waals surface area contributed by atoms with Crippen LogP contribution < -0.4 is 5.32 Å². The molecule has 0 unspecified atom stereocenters. The highest BCUT2D eigenvalue weighted by molar-refractivity contribution is 6.30. The number of hydrogen-bond acceptors (Lipinski definition) is 5. The lowest BCUT2D eigenvalue weighted by molar-refractivity contribution is 0.102. The second kappa shape index (κ2) is 6.77. The first-order valence-electron chi connectivity index (χ1n) is 8.22. The topological polar surface area (TPSA) is 85.6 Å². The van der Waals surface area contributed by atoms with Crippen molar-refractivity contribution in [1.82, 2.24) is 24.5 Å². The summed E-state index contributed by atoms with van der Waals surface area (Å²) in [7, 11) is 0. The minimum atomic E-state index is -0.376.